The maximum Gasteiger partial charge on any atom is 0.356 e. The molecule has 0 spiro atoms. The molecule has 0 saturated carbocycles. The largest absolute Gasteiger partial charge is 0.404 e. The second-order valence-corrected chi connectivity index (χ2v) is 3.27. The van der Waals surface area contributed by atoms with Crippen LogP contribution in [0, 0.1) is 6.92 Å². The Balaban J connectivity index is 3.05. The van der Waals surface area contributed by atoms with Crippen LogP contribution in [0.5, 0.6) is 0 Å². The van der Waals surface area contributed by atoms with E-state index in [-0.39, 0.29) is 16.3 Å². The molecule has 1 N–H and O–H groups in total. The smallest absolute Gasteiger partial charge is 0.356 e. The lowest BCUT2D eigenvalue weighted by atomic mass is 10.2. The molecule has 0 saturated heterocycles. The fraction of sp³-hybridized carbons (Fsp3) is 0.111. The van der Waals surface area contributed by atoms with E-state index in [1.807, 2.05) is 0 Å². The molecule has 0 aliphatic carbocycles. The molecule has 2 aromatic heterocycles. The van der Waals surface area contributed by atoms with Crippen molar-refractivity contribution in [2.75, 3.05) is 0 Å². The first-order valence-electron chi connectivity index (χ1n) is 3.92. The number of H-pyrrole nitrogens is 1. The predicted octanol–water partition coefficient (Wildman–Crippen LogP) is 1.44. The van der Waals surface area contributed by atoms with Gasteiger partial charge in [0.1, 0.15) is 5.02 Å². The highest BCUT2D eigenvalue weighted by Gasteiger charge is 2.08. The lowest BCUT2D eigenvalue weighted by Gasteiger charge is -2.00. The van der Waals surface area contributed by atoms with Crippen LogP contribution in [0.15, 0.2) is 26.1 Å². The number of nitrogens with one attached hydrogen (secondary N) is 1. The number of pyridine rings is 1. The Labute approximate surface area is 83.1 Å². The Hall–Kier alpha value is -1.55. The first kappa shape index (κ1) is 9.02. The van der Waals surface area contributed by atoms with E-state index in [0.717, 1.165) is 0 Å². The monoisotopic (exact) mass is 211 g/mol. The minimum Gasteiger partial charge on any atom is -0.404 e. The number of aromatic nitrogens is 1. The molecule has 2 aromatic rings. The molecule has 0 fully saturated rings. The van der Waals surface area contributed by atoms with Gasteiger partial charge in [-0.2, -0.15) is 0 Å². The van der Waals surface area contributed by atoms with Crippen LogP contribution in [0.2, 0.25) is 5.02 Å². The fourth-order valence-electron chi connectivity index (χ4n) is 1.24. The zero-order valence-electron chi connectivity index (χ0n) is 7.26. The summed E-state index contributed by atoms with van der Waals surface area (Å²) in [6.07, 6.45) is 0. The molecule has 0 unspecified atom stereocenters. The Morgan fingerprint density at radius 2 is 2.07 bits per heavy atom. The van der Waals surface area contributed by atoms with Gasteiger partial charge >= 0.3 is 5.63 Å². The molecule has 0 aliphatic rings. The van der Waals surface area contributed by atoms with Gasteiger partial charge in [-0.3, -0.25) is 9.78 Å². The van der Waals surface area contributed by atoms with E-state index >= 15 is 0 Å². The summed E-state index contributed by atoms with van der Waals surface area (Å²) in [5, 5.41) is 0.679. The summed E-state index contributed by atoms with van der Waals surface area (Å²) in [5.74, 6) is 0. The molecule has 14 heavy (non-hydrogen) atoms. The van der Waals surface area contributed by atoms with Crippen molar-refractivity contribution in [3.05, 3.63) is 43.5 Å². The Morgan fingerprint density at radius 1 is 1.36 bits per heavy atom. The summed E-state index contributed by atoms with van der Waals surface area (Å²) < 4.78 is 4.81. The highest BCUT2D eigenvalue weighted by molar-refractivity contribution is 6.31. The summed E-state index contributed by atoms with van der Waals surface area (Å²) in [6, 6.07) is 2.92. The van der Waals surface area contributed by atoms with Crippen LogP contribution in [-0.2, 0) is 0 Å². The first-order chi connectivity index (χ1) is 6.59. The highest BCUT2D eigenvalue weighted by atomic mass is 35.5. The van der Waals surface area contributed by atoms with Gasteiger partial charge in [-0.25, -0.2) is 4.79 Å². The minimum atomic E-state index is -0.640. The summed E-state index contributed by atoms with van der Waals surface area (Å²) >= 11 is 5.70. The zero-order valence-corrected chi connectivity index (χ0v) is 8.01. The molecule has 4 nitrogen and oxygen atoms in total. The lowest BCUT2D eigenvalue weighted by Crippen LogP contribution is -2.08. The number of aryl methyl sites for hydroxylation is 1. The Morgan fingerprint density at radius 3 is 2.79 bits per heavy atom. The van der Waals surface area contributed by atoms with E-state index in [0.29, 0.717) is 10.9 Å². The summed E-state index contributed by atoms with van der Waals surface area (Å²) in [5.41, 5.74) is -0.195. The number of hydrogen-bond acceptors (Lipinski definition) is 3. The molecule has 0 aliphatic heterocycles. The average Bonchev–Trinajstić information content (AvgIpc) is 2.14. The van der Waals surface area contributed by atoms with Gasteiger partial charge in [0.05, 0.1) is 0 Å². The van der Waals surface area contributed by atoms with Gasteiger partial charge in [0.25, 0.3) is 5.56 Å². The van der Waals surface area contributed by atoms with Crippen LogP contribution in [-0.4, -0.2) is 4.98 Å². The molecule has 2 heterocycles. The first-order valence-corrected chi connectivity index (χ1v) is 4.29. The third kappa shape index (κ3) is 1.24. The summed E-state index contributed by atoms with van der Waals surface area (Å²) in [6.45, 7) is 1.69. The predicted molar refractivity (Wildman–Crippen MR) is 52.9 cm³/mol. The molecular weight excluding hydrogens is 206 g/mol. The normalized spacial score (nSPS) is 10.7. The molecule has 0 atom stereocenters. The molecule has 0 aromatic carbocycles. The maximum absolute atomic E-state index is 11.1. The van der Waals surface area contributed by atoms with E-state index in [4.69, 9.17) is 16.0 Å². The van der Waals surface area contributed by atoms with Crippen molar-refractivity contribution in [2.24, 2.45) is 0 Å². The molecule has 5 heteroatoms. The van der Waals surface area contributed by atoms with Crippen LogP contribution in [0.4, 0.5) is 0 Å². The third-order valence-corrected chi connectivity index (χ3v) is 2.43. The van der Waals surface area contributed by atoms with E-state index in [2.05, 4.69) is 4.98 Å². The second-order valence-electron chi connectivity index (χ2n) is 2.89. The number of aromatic amines is 1. The fourth-order valence-corrected chi connectivity index (χ4v) is 1.38. The molecule has 2 rings (SSSR count). The van der Waals surface area contributed by atoms with Crippen LogP contribution >= 0.6 is 11.6 Å². The topological polar surface area (TPSA) is 63.1 Å². The van der Waals surface area contributed by atoms with Crippen molar-refractivity contribution in [3.63, 3.8) is 0 Å². The van der Waals surface area contributed by atoms with Gasteiger partial charge < -0.3 is 4.42 Å². The number of fused-ring (bicyclic) bond motifs is 1. The third-order valence-electron chi connectivity index (χ3n) is 1.99. The number of rotatable bonds is 0. The average molecular weight is 212 g/mol. The molecule has 0 bridgehead atoms. The SMILES string of the molecule is Cc1c(Cl)c(=O)oc2[nH]c(=O)ccc12. The highest BCUT2D eigenvalue weighted by Crippen LogP contribution is 2.18. The summed E-state index contributed by atoms with van der Waals surface area (Å²) in [7, 11) is 0. The van der Waals surface area contributed by atoms with Gasteiger partial charge in [0.15, 0.2) is 0 Å². The Kier molecular flexibility index (Phi) is 1.93. The van der Waals surface area contributed by atoms with Crippen molar-refractivity contribution < 1.29 is 4.42 Å². The van der Waals surface area contributed by atoms with Crippen LogP contribution in [0.3, 0.4) is 0 Å². The summed E-state index contributed by atoms with van der Waals surface area (Å²) in [4.78, 5) is 24.5. The van der Waals surface area contributed by atoms with Crippen LogP contribution in [0.25, 0.3) is 11.1 Å². The van der Waals surface area contributed by atoms with E-state index < -0.39 is 5.63 Å². The quantitative estimate of drug-likeness (QED) is 0.717. The van der Waals surface area contributed by atoms with E-state index in [1.54, 1.807) is 13.0 Å². The zero-order chi connectivity index (χ0) is 10.3. The van der Waals surface area contributed by atoms with Gasteiger partial charge in [0.2, 0.25) is 5.71 Å². The number of halogens is 1. The van der Waals surface area contributed by atoms with Crippen molar-refractivity contribution in [1.82, 2.24) is 4.98 Å². The van der Waals surface area contributed by atoms with E-state index in [1.165, 1.54) is 6.07 Å². The Bertz CT molecular complexity index is 611. The van der Waals surface area contributed by atoms with Gasteiger partial charge in [-0.1, -0.05) is 11.6 Å². The van der Waals surface area contributed by atoms with E-state index in [9.17, 15) is 9.59 Å². The van der Waals surface area contributed by atoms with Crippen LogP contribution < -0.4 is 11.2 Å². The van der Waals surface area contributed by atoms with Gasteiger partial charge in [-0.05, 0) is 18.6 Å². The van der Waals surface area contributed by atoms with Crippen molar-refractivity contribution in [3.8, 4) is 0 Å². The van der Waals surface area contributed by atoms with Crippen LogP contribution in [0.1, 0.15) is 5.56 Å². The number of hydrogen-bond donors (Lipinski definition) is 1. The van der Waals surface area contributed by atoms with Crippen molar-refractivity contribution in [1.29, 1.82) is 0 Å². The molecule has 0 radical (unpaired) electrons. The lowest BCUT2D eigenvalue weighted by molar-refractivity contribution is 0.547. The molecule has 0 amide bonds. The maximum atomic E-state index is 11.1. The van der Waals surface area contributed by atoms with Crippen molar-refractivity contribution in [2.45, 2.75) is 6.92 Å². The van der Waals surface area contributed by atoms with Gasteiger partial charge in [-0.15, -0.1) is 0 Å². The second kappa shape index (κ2) is 2.99. The standard InChI is InChI=1S/C9H6ClNO3/c1-4-5-2-3-6(12)11-8(5)14-9(13)7(4)10/h2-3H,1H3,(H,11,12). The molecular formula is C9H6ClNO3. The van der Waals surface area contributed by atoms with Crippen molar-refractivity contribution >= 4 is 22.7 Å². The molecule has 72 valence electrons. The minimum absolute atomic E-state index is 0.0459. The van der Waals surface area contributed by atoms with Gasteiger partial charge in [0, 0.05) is 11.5 Å².